The van der Waals surface area contributed by atoms with E-state index < -0.39 is 30.5 Å². The van der Waals surface area contributed by atoms with E-state index in [-0.39, 0.29) is 18.4 Å². The second-order valence-corrected chi connectivity index (χ2v) is 7.08. The Balaban J connectivity index is 2.08. The predicted octanol–water partition coefficient (Wildman–Crippen LogP) is 3.33. The maximum Gasteiger partial charge on any atom is 0.406 e. The van der Waals surface area contributed by atoms with Crippen LogP contribution in [0.3, 0.4) is 0 Å². The predicted molar refractivity (Wildman–Crippen MR) is 84.5 cm³/mol. The van der Waals surface area contributed by atoms with Gasteiger partial charge >= 0.3 is 6.18 Å². The van der Waals surface area contributed by atoms with Crippen molar-refractivity contribution in [3.8, 4) is 0 Å². The topological polar surface area (TPSA) is 49.4 Å². The highest BCUT2D eigenvalue weighted by molar-refractivity contribution is 5.97. The summed E-state index contributed by atoms with van der Waals surface area (Å²) in [5.41, 5.74) is 1.35. The van der Waals surface area contributed by atoms with Crippen LogP contribution in [0.4, 0.5) is 18.9 Å². The van der Waals surface area contributed by atoms with Gasteiger partial charge in [-0.15, -0.1) is 0 Å². The normalized spacial score (nSPS) is 18.8. The molecule has 4 nitrogen and oxygen atoms in total. The van der Waals surface area contributed by atoms with Crippen LogP contribution in [0.15, 0.2) is 24.3 Å². The molecule has 1 aromatic carbocycles. The van der Waals surface area contributed by atoms with Gasteiger partial charge in [0.05, 0.1) is 5.92 Å². The SMILES string of the molecule is CC(C)(C)c1ccccc1NC(=O)C1CC(=O)N(CC(F)(F)F)C1. The van der Waals surface area contributed by atoms with Crippen molar-refractivity contribution in [2.75, 3.05) is 18.4 Å². The number of hydrogen-bond donors (Lipinski definition) is 1. The molecule has 24 heavy (non-hydrogen) atoms. The first kappa shape index (κ1) is 18.3. The number of nitrogens with one attached hydrogen (secondary N) is 1. The van der Waals surface area contributed by atoms with Crippen LogP contribution in [0.25, 0.3) is 0 Å². The summed E-state index contributed by atoms with van der Waals surface area (Å²) in [5.74, 6) is -1.84. The molecule has 1 saturated heterocycles. The van der Waals surface area contributed by atoms with E-state index >= 15 is 0 Å². The summed E-state index contributed by atoms with van der Waals surface area (Å²) in [7, 11) is 0. The van der Waals surface area contributed by atoms with E-state index in [4.69, 9.17) is 0 Å². The minimum absolute atomic E-state index is 0.195. The zero-order chi connectivity index (χ0) is 18.1. The van der Waals surface area contributed by atoms with E-state index in [0.29, 0.717) is 10.6 Å². The Morgan fingerprint density at radius 3 is 2.46 bits per heavy atom. The van der Waals surface area contributed by atoms with Crippen molar-refractivity contribution in [1.82, 2.24) is 4.90 Å². The Kier molecular flexibility index (Phi) is 4.92. The van der Waals surface area contributed by atoms with Gasteiger partial charge in [-0.25, -0.2) is 0 Å². The van der Waals surface area contributed by atoms with Crippen molar-refractivity contribution in [2.24, 2.45) is 5.92 Å². The lowest BCUT2D eigenvalue weighted by atomic mass is 9.85. The number of hydrogen-bond acceptors (Lipinski definition) is 2. The zero-order valence-electron chi connectivity index (χ0n) is 13.9. The van der Waals surface area contributed by atoms with Gasteiger partial charge in [0.25, 0.3) is 0 Å². The number of halogens is 3. The van der Waals surface area contributed by atoms with Crippen LogP contribution in [0.2, 0.25) is 0 Å². The molecule has 1 aromatic rings. The van der Waals surface area contributed by atoms with Crippen molar-refractivity contribution in [3.63, 3.8) is 0 Å². The van der Waals surface area contributed by atoms with E-state index in [9.17, 15) is 22.8 Å². The Labute approximate surface area is 139 Å². The Morgan fingerprint density at radius 1 is 1.25 bits per heavy atom. The summed E-state index contributed by atoms with van der Waals surface area (Å²) >= 11 is 0. The van der Waals surface area contributed by atoms with Crippen LogP contribution in [-0.2, 0) is 15.0 Å². The molecule has 1 aliphatic rings. The van der Waals surface area contributed by atoms with Gasteiger partial charge in [0, 0.05) is 18.7 Å². The van der Waals surface area contributed by atoms with E-state index in [1.165, 1.54) is 0 Å². The summed E-state index contributed by atoms with van der Waals surface area (Å²) in [4.78, 5) is 24.8. The van der Waals surface area contributed by atoms with Crippen LogP contribution in [0, 0.1) is 5.92 Å². The molecule has 1 aliphatic heterocycles. The summed E-state index contributed by atoms with van der Waals surface area (Å²) in [6.07, 6.45) is -4.65. The third-order valence-electron chi connectivity index (χ3n) is 3.95. The molecule has 0 radical (unpaired) electrons. The molecule has 2 rings (SSSR count). The van der Waals surface area contributed by atoms with Crippen LogP contribution >= 0.6 is 0 Å². The molecule has 1 fully saturated rings. The number of nitrogens with zero attached hydrogens (tertiary/aromatic N) is 1. The van der Waals surface area contributed by atoms with E-state index in [1.54, 1.807) is 12.1 Å². The van der Waals surface area contributed by atoms with E-state index in [1.807, 2.05) is 32.9 Å². The highest BCUT2D eigenvalue weighted by Gasteiger charge is 2.40. The van der Waals surface area contributed by atoms with Gasteiger partial charge < -0.3 is 10.2 Å². The van der Waals surface area contributed by atoms with Crippen LogP contribution in [0.1, 0.15) is 32.8 Å². The van der Waals surface area contributed by atoms with Crippen molar-refractivity contribution >= 4 is 17.5 Å². The second-order valence-electron chi connectivity index (χ2n) is 7.08. The van der Waals surface area contributed by atoms with E-state index in [2.05, 4.69) is 5.32 Å². The molecular weight excluding hydrogens is 321 g/mol. The zero-order valence-corrected chi connectivity index (χ0v) is 13.9. The molecule has 1 N–H and O–H groups in total. The second kappa shape index (κ2) is 6.45. The Bertz CT molecular complexity index is 635. The van der Waals surface area contributed by atoms with E-state index in [0.717, 1.165) is 5.56 Å². The molecule has 0 aromatic heterocycles. The van der Waals surface area contributed by atoms with Crippen molar-refractivity contribution in [2.45, 2.75) is 38.8 Å². The number of amides is 2. The number of carbonyl (C=O) groups excluding carboxylic acids is 2. The van der Waals surface area contributed by atoms with Gasteiger partial charge in [0.2, 0.25) is 11.8 Å². The highest BCUT2D eigenvalue weighted by atomic mass is 19.4. The van der Waals surface area contributed by atoms with Crippen LogP contribution < -0.4 is 5.32 Å². The molecule has 132 valence electrons. The maximum atomic E-state index is 12.4. The molecule has 0 saturated carbocycles. The quantitative estimate of drug-likeness (QED) is 0.916. The molecule has 2 amide bonds. The molecule has 0 bridgehead atoms. The minimum Gasteiger partial charge on any atom is -0.333 e. The molecular formula is C17H21F3N2O2. The fourth-order valence-corrected chi connectivity index (χ4v) is 2.80. The lowest BCUT2D eigenvalue weighted by Gasteiger charge is -2.23. The van der Waals surface area contributed by atoms with Gasteiger partial charge in [0.15, 0.2) is 0 Å². The lowest BCUT2D eigenvalue weighted by Crippen LogP contribution is -2.36. The van der Waals surface area contributed by atoms with Crippen LogP contribution in [0.5, 0.6) is 0 Å². The van der Waals surface area contributed by atoms with Gasteiger partial charge in [-0.05, 0) is 17.0 Å². The minimum atomic E-state index is -4.46. The number of anilines is 1. The number of para-hydroxylation sites is 1. The van der Waals surface area contributed by atoms with Crippen LogP contribution in [-0.4, -0.2) is 36.0 Å². The van der Waals surface area contributed by atoms with Crippen molar-refractivity contribution in [1.29, 1.82) is 0 Å². The van der Waals surface area contributed by atoms with Gasteiger partial charge in [0.1, 0.15) is 6.54 Å². The Morgan fingerprint density at radius 2 is 1.88 bits per heavy atom. The lowest BCUT2D eigenvalue weighted by molar-refractivity contribution is -0.157. The van der Waals surface area contributed by atoms with Crippen molar-refractivity contribution in [3.05, 3.63) is 29.8 Å². The number of rotatable bonds is 3. The standard InChI is InChI=1S/C17H21F3N2O2/c1-16(2,3)12-6-4-5-7-13(12)21-15(24)11-8-14(23)22(9-11)10-17(18,19)20/h4-7,11H,8-10H2,1-3H3,(H,21,24). The first-order valence-corrected chi connectivity index (χ1v) is 7.72. The molecule has 7 heteroatoms. The summed E-state index contributed by atoms with van der Waals surface area (Å²) in [5, 5.41) is 2.76. The fourth-order valence-electron chi connectivity index (χ4n) is 2.80. The maximum absolute atomic E-state index is 12.4. The van der Waals surface area contributed by atoms with Gasteiger partial charge in [-0.2, -0.15) is 13.2 Å². The highest BCUT2D eigenvalue weighted by Crippen LogP contribution is 2.30. The third-order valence-corrected chi connectivity index (χ3v) is 3.95. The molecule has 1 atom stereocenters. The number of alkyl halides is 3. The number of carbonyl (C=O) groups is 2. The average molecular weight is 342 g/mol. The van der Waals surface area contributed by atoms with Gasteiger partial charge in [-0.3, -0.25) is 9.59 Å². The van der Waals surface area contributed by atoms with Gasteiger partial charge in [-0.1, -0.05) is 39.0 Å². The molecule has 1 heterocycles. The number of likely N-dealkylation sites (tertiary alicyclic amines) is 1. The monoisotopic (exact) mass is 342 g/mol. The Hall–Kier alpha value is -2.05. The number of benzene rings is 1. The average Bonchev–Trinajstić information content (AvgIpc) is 2.77. The summed E-state index contributed by atoms with van der Waals surface area (Å²) in [6, 6.07) is 7.29. The first-order valence-electron chi connectivity index (χ1n) is 7.72. The summed E-state index contributed by atoms with van der Waals surface area (Å²) in [6.45, 7) is 4.49. The third kappa shape index (κ3) is 4.49. The first-order chi connectivity index (χ1) is 11.0. The smallest absolute Gasteiger partial charge is 0.333 e. The molecule has 0 spiro atoms. The van der Waals surface area contributed by atoms with Crippen molar-refractivity contribution < 1.29 is 22.8 Å². The summed E-state index contributed by atoms with van der Waals surface area (Å²) < 4.78 is 37.3. The molecule has 0 aliphatic carbocycles. The molecule has 1 unspecified atom stereocenters. The largest absolute Gasteiger partial charge is 0.406 e. The fraction of sp³-hybridized carbons (Fsp3) is 0.529.